The van der Waals surface area contributed by atoms with Gasteiger partial charge >= 0.3 is 5.69 Å². The fourth-order valence-electron chi connectivity index (χ4n) is 3.66. The van der Waals surface area contributed by atoms with Gasteiger partial charge in [-0.25, -0.2) is 9.78 Å². The first-order valence-electron chi connectivity index (χ1n) is 9.89. The molecule has 0 bridgehead atoms. The first-order chi connectivity index (χ1) is 14.0. The third-order valence-corrected chi connectivity index (χ3v) is 5.09. The van der Waals surface area contributed by atoms with Gasteiger partial charge < -0.3 is 15.1 Å². The summed E-state index contributed by atoms with van der Waals surface area (Å²) in [4.78, 5) is 58.0. The molecule has 30 heavy (non-hydrogen) atoms. The Hall–Kier alpha value is -3.17. The molecule has 1 saturated heterocycles. The van der Waals surface area contributed by atoms with E-state index in [1.54, 1.807) is 17.2 Å². The molecule has 1 aliphatic rings. The van der Waals surface area contributed by atoms with Crippen molar-refractivity contribution in [3.05, 3.63) is 33.1 Å². The molecular formula is C20H28N6O4. The Morgan fingerprint density at radius 1 is 1.13 bits per heavy atom. The average molecular weight is 416 g/mol. The van der Waals surface area contributed by atoms with Gasteiger partial charge in [0.1, 0.15) is 11.9 Å². The smallest absolute Gasteiger partial charge is 0.332 e. The molecule has 2 amide bonds. The van der Waals surface area contributed by atoms with E-state index in [-0.39, 0.29) is 18.1 Å². The highest BCUT2D eigenvalue weighted by molar-refractivity contribution is 5.89. The Morgan fingerprint density at radius 2 is 1.77 bits per heavy atom. The summed E-state index contributed by atoms with van der Waals surface area (Å²) >= 11 is 0. The van der Waals surface area contributed by atoms with Gasteiger partial charge in [0.05, 0.1) is 5.69 Å². The highest BCUT2D eigenvalue weighted by Gasteiger charge is 2.24. The van der Waals surface area contributed by atoms with Crippen molar-refractivity contribution < 1.29 is 9.59 Å². The van der Waals surface area contributed by atoms with Crippen molar-refractivity contribution in [2.24, 2.45) is 7.05 Å². The molecule has 0 aliphatic carbocycles. The molecule has 1 N–H and O–H groups in total. The van der Waals surface area contributed by atoms with Crippen LogP contribution in [-0.2, 0) is 23.2 Å². The monoisotopic (exact) mass is 416 g/mol. The van der Waals surface area contributed by atoms with Gasteiger partial charge in [0.15, 0.2) is 5.65 Å². The summed E-state index contributed by atoms with van der Waals surface area (Å²) in [7, 11) is 1.53. The van der Waals surface area contributed by atoms with Crippen LogP contribution in [0.2, 0.25) is 0 Å². The number of anilines is 1. The average Bonchev–Trinajstić information content (AvgIpc) is 2.67. The van der Waals surface area contributed by atoms with E-state index in [0.717, 1.165) is 4.57 Å². The third-order valence-electron chi connectivity index (χ3n) is 5.09. The molecule has 0 unspecified atom stereocenters. The molecule has 2 aromatic rings. The zero-order valence-electron chi connectivity index (χ0n) is 18.1. The Morgan fingerprint density at radius 3 is 2.33 bits per heavy atom. The Kier molecular flexibility index (Phi) is 5.69. The van der Waals surface area contributed by atoms with E-state index in [4.69, 9.17) is 0 Å². The number of rotatable bonds is 3. The maximum Gasteiger partial charge on any atom is 0.332 e. The first-order valence-corrected chi connectivity index (χ1v) is 9.89. The van der Waals surface area contributed by atoms with Crippen LogP contribution in [-0.4, -0.2) is 62.6 Å². The molecule has 0 saturated carbocycles. The zero-order valence-corrected chi connectivity index (χ0v) is 18.1. The summed E-state index contributed by atoms with van der Waals surface area (Å²) in [5, 5.41) is 3.06. The molecule has 10 nitrogen and oxygen atoms in total. The van der Waals surface area contributed by atoms with Gasteiger partial charge in [-0.05, 0) is 26.8 Å². The Labute approximate surface area is 174 Å². The van der Waals surface area contributed by atoms with Crippen LogP contribution in [0.25, 0.3) is 11.0 Å². The fourth-order valence-corrected chi connectivity index (χ4v) is 3.66. The molecule has 1 aliphatic heterocycles. The van der Waals surface area contributed by atoms with Gasteiger partial charge in [0, 0.05) is 51.9 Å². The van der Waals surface area contributed by atoms with Crippen LogP contribution >= 0.6 is 0 Å². The number of amides is 2. The zero-order chi connectivity index (χ0) is 22.2. The van der Waals surface area contributed by atoms with E-state index in [0.29, 0.717) is 37.3 Å². The third kappa shape index (κ3) is 4.22. The summed E-state index contributed by atoms with van der Waals surface area (Å²) < 4.78 is 2.23. The van der Waals surface area contributed by atoms with E-state index in [2.05, 4.69) is 10.3 Å². The molecule has 3 rings (SSSR count). The van der Waals surface area contributed by atoms with Crippen molar-refractivity contribution in [2.75, 3.05) is 31.1 Å². The predicted molar refractivity (Wildman–Crippen MR) is 114 cm³/mol. The van der Waals surface area contributed by atoms with E-state index in [1.165, 1.54) is 18.5 Å². The van der Waals surface area contributed by atoms with E-state index in [1.807, 2.05) is 25.7 Å². The number of hydrogen-bond acceptors (Lipinski definition) is 6. The van der Waals surface area contributed by atoms with Crippen molar-refractivity contribution in [1.82, 2.24) is 24.3 Å². The predicted octanol–water partition coefficient (Wildman–Crippen LogP) is -0.322. The maximum absolute atomic E-state index is 13.3. The number of carbonyl (C=O) groups is 2. The van der Waals surface area contributed by atoms with E-state index in [9.17, 15) is 19.2 Å². The first kappa shape index (κ1) is 21.5. The molecule has 0 radical (unpaired) electrons. The van der Waals surface area contributed by atoms with E-state index >= 15 is 0 Å². The number of piperazine rings is 1. The number of nitrogens with zero attached hydrogens (tertiary/aromatic N) is 5. The molecule has 3 heterocycles. The SMILES string of the molecule is CC(=O)N1CCN(c2ccnc3c2c(=O)n(CC(=O)NC(C)(C)C)c(=O)n3C)CC1. The molecule has 0 atom stereocenters. The molecule has 0 spiro atoms. The lowest BCUT2D eigenvalue weighted by molar-refractivity contribution is -0.129. The number of pyridine rings is 1. The summed E-state index contributed by atoms with van der Waals surface area (Å²) in [6, 6.07) is 1.73. The number of aromatic nitrogens is 3. The largest absolute Gasteiger partial charge is 0.367 e. The van der Waals surface area contributed by atoms with Crippen molar-refractivity contribution >= 4 is 28.5 Å². The molecule has 1 fully saturated rings. The Balaban J connectivity index is 2.06. The van der Waals surface area contributed by atoms with Crippen LogP contribution in [0.4, 0.5) is 5.69 Å². The van der Waals surface area contributed by atoms with Crippen LogP contribution in [0.15, 0.2) is 21.9 Å². The highest BCUT2D eigenvalue weighted by atomic mass is 16.2. The van der Waals surface area contributed by atoms with Crippen molar-refractivity contribution in [2.45, 2.75) is 39.8 Å². The molecular weight excluding hydrogens is 388 g/mol. The summed E-state index contributed by atoms with van der Waals surface area (Å²) in [6.07, 6.45) is 1.56. The quantitative estimate of drug-likeness (QED) is 0.734. The normalized spacial score (nSPS) is 14.8. The van der Waals surface area contributed by atoms with Crippen molar-refractivity contribution in [1.29, 1.82) is 0 Å². The highest BCUT2D eigenvalue weighted by Crippen LogP contribution is 2.23. The van der Waals surface area contributed by atoms with Gasteiger partial charge in [0.25, 0.3) is 5.56 Å². The summed E-state index contributed by atoms with van der Waals surface area (Å²) in [6.45, 7) is 8.87. The minimum absolute atomic E-state index is 0.0175. The molecule has 10 heteroatoms. The minimum Gasteiger partial charge on any atom is -0.367 e. The summed E-state index contributed by atoms with van der Waals surface area (Å²) in [5.41, 5.74) is -0.707. The second-order valence-electron chi connectivity index (χ2n) is 8.55. The second-order valence-corrected chi connectivity index (χ2v) is 8.55. The minimum atomic E-state index is -0.595. The fraction of sp³-hybridized carbons (Fsp3) is 0.550. The number of nitrogens with one attached hydrogen (secondary N) is 1. The van der Waals surface area contributed by atoms with E-state index < -0.39 is 22.7 Å². The van der Waals surface area contributed by atoms with Crippen LogP contribution in [0, 0.1) is 0 Å². The standard InChI is InChI=1S/C20H28N6O4/c1-13(27)24-8-10-25(11-9-24)14-6-7-21-17-16(14)18(29)26(19(30)23(17)5)12-15(28)22-20(2,3)4/h6-7H,8-12H2,1-5H3,(H,22,28). The maximum atomic E-state index is 13.3. The second kappa shape index (κ2) is 7.92. The topological polar surface area (TPSA) is 110 Å². The molecule has 2 aromatic heterocycles. The molecule has 0 aromatic carbocycles. The van der Waals surface area contributed by atoms with Crippen molar-refractivity contribution in [3.63, 3.8) is 0 Å². The van der Waals surface area contributed by atoms with Gasteiger partial charge in [-0.15, -0.1) is 0 Å². The lowest BCUT2D eigenvalue weighted by atomic mass is 10.1. The van der Waals surface area contributed by atoms with Gasteiger partial charge in [0.2, 0.25) is 11.8 Å². The number of fused-ring (bicyclic) bond motifs is 1. The lowest BCUT2D eigenvalue weighted by Crippen LogP contribution is -2.49. The van der Waals surface area contributed by atoms with Crippen molar-refractivity contribution in [3.8, 4) is 0 Å². The number of aryl methyl sites for hydroxylation is 1. The van der Waals surface area contributed by atoms with Crippen LogP contribution in [0.3, 0.4) is 0 Å². The number of carbonyl (C=O) groups excluding carboxylic acids is 2. The van der Waals surface area contributed by atoms with Crippen LogP contribution in [0.5, 0.6) is 0 Å². The van der Waals surface area contributed by atoms with Gasteiger partial charge in [-0.3, -0.25) is 23.5 Å². The lowest BCUT2D eigenvalue weighted by Gasteiger charge is -2.36. The van der Waals surface area contributed by atoms with Crippen LogP contribution < -0.4 is 21.5 Å². The molecule has 162 valence electrons. The number of hydrogen-bond donors (Lipinski definition) is 1. The summed E-state index contributed by atoms with van der Waals surface area (Å²) in [5.74, 6) is -0.398. The van der Waals surface area contributed by atoms with Crippen LogP contribution in [0.1, 0.15) is 27.7 Å². The Bertz CT molecular complexity index is 1100. The van der Waals surface area contributed by atoms with Gasteiger partial charge in [-0.1, -0.05) is 0 Å². The van der Waals surface area contributed by atoms with Gasteiger partial charge in [-0.2, -0.15) is 0 Å².